The minimum atomic E-state index is -0.424. The molecule has 0 N–H and O–H groups in total. The van der Waals surface area contributed by atoms with Crippen LogP contribution < -0.4 is 14.2 Å². The highest BCUT2D eigenvalue weighted by Gasteiger charge is 2.03. The number of carbonyl (C=O) groups excluding carboxylic acids is 1. The zero-order valence-electron chi connectivity index (χ0n) is 17.5. The van der Waals surface area contributed by atoms with E-state index in [4.69, 9.17) is 14.2 Å². The molecule has 3 rings (SSSR count). The third-order valence-electron chi connectivity index (χ3n) is 4.37. The van der Waals surface area contributed by atoms with Gasteiger partial charge in [-0.1, -0.05) is 50.2 Å². The number of hydrogen-bond donors (Lipinski definition) is 0. The minimum Gasteiger partial charge on any atom is -0.497 e. The van der Waals surface area contributed by atoms with Crippen LogP contribution in [0.2, 0.25) is 0 Å². The van der Waals surface area contributed by atoms with Crippen LogP contribution in [0.3, 0.4) is 0 Å². The monoisotopic (exact) mass is 402 g/mol. The van der Waals surface area contributed by atoms with Crippen molar-refractivity contribution in [2.75, 3.05) is 13.7 Å². The van der Waals surface area contributed by atoms with E-state index in [-0.39, 0.29) is 0 Å². The lowest BCUT2D eigenvalue weighted by atomic mass is 10.1. The van der Waals surface area contributed by atoms with Gasteiger partial charge in [0.1, 0.15) is 17.2 Å². The number of benzene rings is 3. The third kappa shape index (κ3) is 6.24. The maximum Gasteiger partial charge on any atom is 0.336 e. The maximum atomic E-state index is 12.1. The van der Waals surface area contributed by atoms with E-state index in [2.05, 4.69) is 13.8 Å². The smallest absolute Gasteiger partial charge is 0.336 e. The highest BCUT2D eigenvalue weighted by Crippen LogP contribution is 2.24. The summed E-state index contributed by atoms with van der Waals surface area (Å²) in [4.78, 5) is 12.1. The van der Waals surface area contributed by atoms with Crippen molar-refractivity contribution in [2.24, 2.45) is 5.92 Å². The molecule has 3 aromatic carbocycles. The quantitative estimate of drug-likeness (QED) is 0.263. The van der Waals surface area contributed by atoms with Gasteiger partial charge in [-0.15, -0.1) is 0 Å². The zero-order valence-corrected chi connectivity index (χ0v) is 17.5. The second-order valence-corrected chi connectivity index (χ2v) is 7.28. The summed E-state index contributed by atoms with van der Waals surface area (Å²) >= 11 is 0. The molecule has 154 valence electrons. The molecule has 4 nitrogen and oxygen atoms in total. The summed E-state index contributed by atoms with van der Waals surface area (Å²) < 4.78 is 16.2. The van der Waals surface area contributed by atoms with Crippen LogP contribution in [-0.2, 0) is 4.79 Å². The molecule has 0 aromatic heterocycles. The average Bonchev–Trinajstić information content (AvgIpc) is 2.77. The summed E-state index contributed by atoms with van der Waals surface area (Å²) in [5.74, 6) is 2.19. The van der Waals surface area contributed by atoms with E-state index in [0.717, 1.165) is 28.2 Å². The molecule has 0 aliphatic rings. The fraction of sp³-hybridized carbons (Fsp3) is 0.192. The lowest BCUT2D eigenvalue weighted by molar-refractivity contribution is -0.128. The Hall–Kier alpha value is -3.53. The molecule has 0 atom stereocenters. The first-order valence-corrected chi connectivity index (χ1v) is 9.91. The van der Waals surface area contributed by atoms with Crippen molar-refractivity contribution in [1.82, 2.24) is 0 Å². The van der Waals surface area contributed by atoms with Crippen molar-refractivity contribution in [1.29, 1.82) is 0 Å². The van der Waals surface area contributed by atoms with Crippen LogP contribution in [0.15, 0.2) is 78.9 Å². The minimum absolute atomic E-state index is 0.424. The molecule has 4 heteroatoms. The summed E-state index contributed by atoms with van der Waals surface area (Å²) in [6.45, 7) is 4.89. The van der Waals surface area contributed by atoms with Gasteiger partial charge in [0.25, 0.3) is 0 Å². The summed E-state index contributed by atoms with van der Waals surface area (Å²) in [6.07, 6.45) is 3.14. The SMILES string of the molecule is COc1ccc(-c2ccc(OC(=O)C=Cc3ccc(OCC(C)C)cc3)cc2)cc1. The van der Waals surface area contributed by atoms with Crippen LogP contribution in [0.5, 0.6) is 17.2 Å². The summed E-state index contributed by atoms with van der Waals surface area (Å²) in [5, 5.41) is 0. The van der Waals surface area contributed by atoms with Crippen molar-refractivity contribution in [3.63, 3.8) is 0 Å². The first kappa shape index (κ1) is 21.2. The van der Waals surface area contributed by atoms with Gasteiger partial charge in [-0.3, -0.25) is 0 Å². The number of rotatable bonds is 8. The summed E-state index contributed by atoms with van der Waals surface area (Å²) in [7, 11) is 1.64. The number of esters is 1. The largest absolute Gasteiger partial charge is 0.497 e. The standard InChI is InChI=1S/C26H26O4/c1-19(2)18-29-24-11-4-20(5-12-24)6-17-26(27)30-25-15-9-22(10-16-25)21-7-13-23(28-3)14-8-21/h4-17,19H,18H2,1-3H3. The van der Waals surface area contributed by atoms with E-state index >= 15 is 0 Å². The van der Waals surface area contributed by atoms with Gasteiger partial charge in [-0.05, 0) is 65.1 Å². The molecule has 0 saturated carbocycles. The molecular formula is C26H26O4. The first-order valence-electron chi connectivity index (χ1n) is 9.91. The first-order chi connectivity index (χ1) is 14.5. The van der Waals surface area contributed by atoms with Crippen LogP contribution in [-0.4, -0.2) is 19.7 Å². The van der Waals surface area contributed by atoms with Crippen molar-refractivity contribution < 1.29 is 19.0 Å². The lowest BCUT2D eigenvalue weighted by Crippen LogP contribution is -2.04. The van der Waals surface area contributed by atoms with Gasteiger partial charge in [-0.25, -0.2) is 4.79 Å². The Balaban J connectivity index is 1.55. The number of hydrogen-bond acceptors (Lipinski definition) is 4. The lowest BCUT2D eigenvalue weighted by Gasteiger charge is -2.08. The molecule has 0 spiro atoms. The Kier molecular flexibility index (Phi) is 7.28. The molecule has 0 aliphatic carbocycles. The predicted molar refractivity (Wildman–Crippen MR) is 120 cm³/mol. The predicted octanol–water partition coefficient (Wildman–Crippen LogP) is 6.02. The molecular weight excluding hydrogens is 376 g/mol. The molecule has 0 saturated heterocycles. The van der Waals surface area contributed by atoms with Gasteiger partial charge in [0.15, 0.2) is 0 Å². The van der Waals surface area contributed by atoms with Gasteiger partial charge >= 0.3 is 5.97 Å². The van der Waals surface area contributed by atoms with Crippen molar-refractivity contribution in [2.45, 2.75) is 13.8 Å². The van der Waals surface area contributed by atoms with Crippen LogP contribution in [0.25, 0.3) is 17.2 Å². The van der Waals surface area contributed by atoms with Crippen LogP contribution in [0.1, 0.15) is 19.4 Å². The van der Waals surface area contributed by atoms with Crippen molar-refractivity contribution in [3.8, 4) is 28.4 Å². The molecule has 0 radical (unpaired) electrons. The van der Waals surface area contributed by atoms with Gasteiger partial charge in [0.2, 0.25) is 0 Å². The Morgan fingerprint density at radius 2 is 1.33 bits per heavy atom. The van der Waals surface area contributed by atoms with Gasteiger partial charge in [0.05, 0.1) is 13.7 Å². The van der Waals surface area contributed by atoms with Crippen molar-refractivity contribution >= 4 is 12.0 Å². The molecule has 0 aliphatic heterocycles. The van der Waals surface area contributed by atoms with Crippen LogP contribution >= 0.6 is 0 Å². The Morgan fingerprint density at radius 3 is 1.87 bits per heavy atom. The second kappa shape index (κ2) is 10.3. The van der Waals surface area contributed by atoms with E-state index in [9.17, 15) is 4.79 Å². The van der Waals surface area contributed by atoms with Crippen molar-refractivity contribution in [3.05, 3.63) is 84.4 Å². The topological polar surface area (TPSA) is 44.8 Å². The summed E-state index contributed by atoms with van der Waals surface area (Å²) in [5.41, 5.74) is 3.00. The van der Waals surface area contributed by atoms with Crippen LogP contribution in [0.4, 0.5) is 0 Å². The van der Waals surface area contributed by atoms with E-state index < -0.39 is 5.97 Å². The van der Waals surface area contributed by atoms with Gasteiger partial charge in [0, 0.05) is 6.08 Å². The Bertz CT molecular complexity index is 969. The van der Waals surface area contributed by atoms with Gasteiger partial charge < -0.3 is 14.2 Å². The summed E-state index contributed by atoms with van der Waals surface area (Å²) in [6, 6.07) is 22.8. The van der Waals surface area contributed by atoms with Crippen LogP contribution in [0, 0.1) is 5.92 Å². The van der Waals surface area contributed by atoms with E-state index in [1.54, 1.807) is 25.3 Å². The number of carbonyl (C=O) groups is 1. The molecule has 3 aromatic rings. The zero-order chi connectivity index (χ0) is 21.3. The number of methoxy groups -OCH3 is 1. The van der Waals surface area contributed by atoms with E-state index in [1.165, 1.54) is 6.08 Å². The Morgan fingerprint density at radius 1 is 0.800 bits per heavy atom. The average molecular weight is 402 g/mol. The maximum absolute atomic E-state index is 12.1. The molecule has 0 heterocycles. The fourth-order valence-corrected chi connectivity index (χ4v) is 2.75. The van der Waals surface area contributed by atoms with Gasteiger partial charge in [-0.2, -0.15) is 0 Å². The molecule has 0 fully saturated rings. The van der Waals surface area contributed by atoms with E-state index in [1.807, 2.05) is 60.7 Å². The number of ether oxygens (including phenoxy) is 3. The Labute approximate surface area is 177 Å². The third-order valence-corrected chi connectivity index (χ3v) is 4.37. The molecule has 30 heavy (non-hydrogen) atoms. The highest BCUT2D eigenvalue weighted by atomic mass is 16.5. The fourth-order valence-electron chi connectivity index (χ4n) is 2.75. The van der Waals surface area contributed by atoms with E-state index in [0.29, 0.717) is 18.3 Å². The molecule has 0 bridgehead atoms. The second-order valence-electron chi connectivity index (χ2n) is 7.28. The normalized spacial score (nSPS) is 10.9. The molecule has 0 unspecified atom stereocenters. The molecule has 0 amide bonds. The highest BCUT2D eigenvalue weighted by molar-refractivity contribution is 5.88.